The monoisotopic (exact) mass is 294 g/mol. The van der Waals surface area contributed by atoms with Gasteiger partial charge in [-0.1, -0.05) is 0 Å². The molecule has 8 nitrogen and oxygen atoms in total. The summed E-state index contributed by atoms with van der Waals surface area (Å²) in [5, 5.41) is 15.8. The summed E-state index contributed by atoms with van der Waals surface area (Å²) in [5.41, 5.74) is -0.243. The molecule has 0 radical (unpaired) electrons. The van der Waals surface area contributed by atoms with Crippen LogP contribution in [0, 0.1) is 0 Å². The molecule has 2 heterocycles. The van der Waals surface area contributed by atoms with Crippen molar-refractivity contribution in [2.24, 2.45) is 0 Å². The SMILES string of the molecule is CCNc1nc(NC2(CO)CC2)nc(N2CCOCC2)n1. The van der Waals surface area contributed by atoms with Crippen molar-refractivity contribution in [1.29, 1.82) is 0 Å². The number of aliphatic hydroxyl groups is 1. The maximum absolute atomic E-state index is 9.43. The molecule has 1 aromatic rings. The van der Waals surface area contributed by atoms with E-state index >= 15 is 0 Å². The molecule has 1 saturated heterocycles. The maximum Gasteiger partial charge on any atom is 0.232 e. The average molecular weight is 294 g/mol. The summed E-state index contributed by atoms with van der Waals surface area (Å²) in [5.74, 6) is 1.74. The van der Waals surface area contributed by atoms with E-state index in [2.05, 4.69) is 30.5 Å². The first-order valence-corrected chi connectivity index (χ1v) is 7.46. The summed E-state index contributed by atoms with van der Waals surface area (Å²) >= 11 is 0. The number of nitrogens with one attached hydrogen (secondary N) is 2. The normalized spacial score (nSPS) is 20.2. The van der Waals surface area contributed by atoms with Gasteiger partial charge < -0.3 is 25.4 Å². The number of anilines is 3. The summed E-state index contributed by atoms with van der Waals surface area (Å²) in [6, 6.07) is 0. The molecule has 2 aliphatic rings. The van der Waals surface area contributed by atoms with Gasteiger partial charge in [0.1, 0.15) is 0 Å². The van der Waals surface area contributed by atoms with Gasteiger partial charge in [-0.25, -0.2) is 0 Å². The Balaban J connectivity index is 1.82. The Kier molecular flexibility index (Phi) is 4.07. The average Bonchev–Trinajstić information content (AvgIpc) is 3.28. The highest BCUT2D eigenvalue weighted by Crippen LogP contribution is 2.37. The Morgan fingerprint density at radius 1 is 1.19 bits per heavy atom. The van der Waals surface area contributed by atoms with E-state index in [-0.39, 0.29) is 12.1 Å². The zero-order chi connectivity index (χ0) is 14.7. The number of aromatic nitrogens is 3. The van der Waals surface area contributed by atoms with Crippen LogP contribution in [0.1, 0.15) is 19.8 Å². The van der Waals surface area contributed by atoms with E-state index in [1.54, 1.807) is 0 Å². The highest BCUT2D eigenvalue weighted by Gasteiger charge is 2.43. The van der Waals surface area contributed by atoms with E-state index in [4.69, 9.17) is 4.74 Å². The van der Waals surface area contributed by atoms with Crippen LogP contribution in [0.4, 0.5) is 17.8 Å². The molecule has 0 amide bonds. The fourth-order valence-electron chi connectivity index (χ4n) is 2.27. The first kappa shape index (κ1) is 14.3. The Hall–Kier alpha value is -1.67. The van der Waals surface area contributed by atoms with E-state index in [0.29, 0.717) is 31.1 Å². The number of nitrogens with zero attached hydrogens (tertiary/aromatic N) is 4. The van der Waals surface area contributed by atoms with Crippen molar-refractivity contribution in [2.75, 3.05) is 55.0 Å². The number of rotatable bonds is 6. The van der Waals surface area contributed by atoms with Crippen molar-refractivity contribution in [3.05, 3.63) is 0 Å². The van der Waals surface area contributed by atoms with Crippen molar-refractivity contribution in [3.63, 3.8) is 0 Å². The lowest BCUT2D eigenvalue weighted by Crippen LogP contribution is -2.38. The first-order valence-electron chi connectivity index (χ1n) is 7.46. The zero-order valence-corrected chi connectivity index (χ0v) is 12.3. The lowest BCUT2D eigenvalue weighted by molar-refractivity contribution is 0.122. The van der Waals surface area contributed by atoms with Gasteiger partial charge in [0.2, 0.25) is 17.8 Å². The second kappa shape index (κ2) is 5.98. The largest absolute Gasteiger partial charge is 0.394 e. The van der Waals surface area contributed by atoms with Gasteiger partial charge in [-0.05, 0) is 19.8 Å². The van der Waals surface area contributed by atoms with Gasteiger partial charge in [0.05, 0.1) is 25.4 Å². The minimum absolute atomic E-state index is 0.0993. The molecule has 21 heavy (non-hydrogen) atoms. The van der Waals surface area contributed by atoms with Crippen LogP contribution in [0.2, 0.25) is 0 Å². The molecule has 0 unspecified atom stereocenters. The van der Waals surface area contributed by atoms with Crippen molar-refractivity contribution in [1.82, 2.24) is 15.0 Å². The summed E-state index contributed by atoms with van der Waals surface area (Å²) in [6.45, 7) is 5.78. The van der Waals surface area contributed by atoms with Crippen LogP contribution in [0.5, 0.6) is 0 Å². The first-order chi connectivity index (χ1) is 10.2. The van der Waals surface area contributed by atoms with Crippen molar-refractivity contribution >= 4 is 17.8 Å². The lowest BCUT2D eigenvalue weighted by Gasteiger charge is -2.27. The Labute approximate surface area is 123 Å². The van der Waals surface area contributed by atoms with Crippen molar-refractivity contribution in [3.8, 4) is 0 Å². The van der Waals surface area contributed by atoms with Crippen molar-refractivity contribution < 1.29 is 9.84 Å². The van der Waals surface area contributed by atoms with Crippen LogP contribution < -0.4 is 15.5 Å². The number of hydrogen-bond donors (Lipinski definition) is 3. The number of hydrogen-bond acceptors (Lipinski definition) is 8. The minimum Gasteiger partial charge on any atom is -0.394 e. The number of aliphatic hydroxyl groups excluding tert-OH is 1. The second-order valence-corrected chi connectivity index (χ2v) is 5.48. The molecule has 1 saturated carbocycles. The van der Waals surface area contributed by atoms with E-state index in [0.717, 1.165) is 32.5 Å². The van der Waals surface area contributed by atoms with Gasteiger partial charge in [-0.2, -0.15) is 15.0 Å². The molecular weight excluding hydrogens is 272 g/mol. The molecule has 3 N–H and O–H groups in total. The molecule has 8 heteroatoms. The van der Waals surface area contributed by atoms with E-state index < -0.39 is 0 Å². The summed E-state index contributed by atoms with van der Waals surface area (Å²) in [6.07, 6.45) is 1.89. The highest BCUT2D eigenvalue weighted by molar-refractivity contribution is 5.46. The van der Waals surface area contributed by atoms with Gasteiger partial charge in [0, 0.05) is 19.6 Å². The summed E-state index contributed by atoms with van der Waals surface area (Å²) < 4.78 is 5.36. The van der Waals surface area contributed by atoms with Crippen LogP contribution in [0.3, 0.4) is 0 Å². The number of ether oxygens (including phenoxy) is 1. The lowest BCUT2D eigenvalue weighted by atomic mass is 10.3. The standard InChI is InChI=1S/C13H22N6O2/c1-2-14-10-15-11(18-13(9-20)3-4-13)17-12(16-10)19-5-7-21-8-6-19/h20H,2-9H2,1H3,(H2,14,15,16,17,18). The van der Waals surface area contributed by atoms with Crippen LogP contribution in [-0.4, -0.2) is 65.1 Å². The highest BCUT2D eigenvalue weighted by atomic mass is 16.5. The summed E-state index contributed by atoms with van der Waals surface area (Å²) in [4.78, 5) is 15.4. The molecule has 0 spiro atoms. The molecular formula is C13H22N6O2. The van der Waals surface area contributed by atoms with Crippen LogP contribution in [-0.2, 0) is 4.74 Å². The van der Waals surface area contributed by atoms with Gasteiger partial charge in [-0.15, -0.1) is 0 Å². The van der Waals surface area contributed by atoms with E-state index in [1.807, 2.05) is 6.92 Å². The van der Waals surface area contributed by atoms with E-state index in [1.165, 1.54) is 0 Å². The molecule has 1 aromatic heterocycles. The molecule has 2 fully saturated rings. The van der Waals surface area contributed by atoms with Gasteiger partial charge in [-0.3, -0.25) is 0 Å². The molecule has 1 aliphatic heterocycles. The zero-order valence-electron chi connectivity index (χ0n) is 12.3. The third kappa shape index (κ3) is 3.33. The van der Waals surface area contributed by atoms with Crippen LogP contribution in [0.25, 0.3) is 0 Å². The predicted molar refractivity (Wildman–Crippen MR) is 79.7 cm³/mol. The van der Waals surface area contributed by atoms with Crippen LogP contribution in [0.15, 0.2) is 0 Å². The Bertz CT molecular complexity index is 488. The van der Waals surface area contributed by atoms with Gasteiger partial charge >= 0.3 is 0 Å². The third-order valence-electron chi connectivity index (χ3n) is 3.79. The molecule has 116 valence electrons. The fourth-order valence-corrected chi connectivity index (χ4v) is 2.27. The van der Waals surface area contributed by atoms with Gasteiger partial charge in [0.25, 0.3) is 0 Å². The third-order valence-corrected chi connectivity index (χ3v) is 3.79. The molecule has 3 rings (SSSR count). The minimum atomic E-state index is -0.243. The van der Waals surface area contributed by atoms with Crippen molar-refractivity contribution in [2.45, 2.75) is 25.3 Å². The van der Waals surface area contributed by atoms with Crippen LogP contribution >= 0.6 is 0 Å². The molecule has 1 aliphatic carbocycles. The molecule has 0 bridgehead atoms. The topological polar surface area (TPSA) is 95.4 Å². The smallest absolute Gasteiger partial charge is 0.232 e. The quantitative estimate of drug-likeness (QED) is 0.679. The second-order valence-electron chi connectivity index (χ2n) is 5.48. The maximum atomic E-state index is 9.43. The fraction of sp³-hybridized carbons (Fsp3) is 0.769. The van der Waals surface area contributed by atoms with Gasteiger partial charge in [0.15, 0.2) is 0 Å². The van der Waals surface area contributed by atoms with E-state index in [9.17, 15) is 5.11 Å². The molecule has 0 aromatic carbocycles. The Morgan fingerprint density at radius 3 is 2.52 bits per heavy atom. The summed E-state index contributed by atoms with van der Waals surface area (Å²) in [7, 11) is 0. The predicted octanol–water partition coefficient (Wildman–Crippen LogP) is 0.0768. The Morgan fingerprint density at radius 2 is 1.90 bits per heavy atom. The molecule has 0 atom stereocenters. The number of morpholine rings is 1.